The van der Waals surface area contributed by atoms with Gasteiger partial charge >= 0.3 is 0 Å². The van der Waals surface area contributed by atoms with Crippen LogP contribution in [0.1, 0.15) is 37.6 Å². The van der Waals surface area contributed by atoms with E-state index in [-0.39, 0.29) is 24.0 Å². The topological polar surface area (TPSA) is 63.3 Å². The predicted molar refractivity (Wildman–Crippen MR) is 110 cm³/mol. The molecule has 0 bridgehead atoms. The molecular weight excluding hydrogens is 419 g/mol. The molecule has 0 fully saturated rings. The fourth-order valence-corrected chi connectivity index (χ4v) is 2.83. The molecule has 1 aromatic carbocycles. The molecule has 126 valence electrons. The molecule has 6 heteroatoms. The summed E-state index contributed by atoms with van der Waals surface area (Å²) in [6.07, 6.45) is 4.90. The number of aliphatic imine (C=N–C) groups is 1. The summed E-state index contributed by atoms with van der Waals surface area (Å²) in [5, 5.41) is 6.20. The van der Waals surface area contributed by atoms with E-state index in [1.54, 1.807) is 11.3 Å². The van der Waals surface area contributed by atoms with Crippen molar-refractivity contribution in [1.82, 2.24) is 10.3 Å². The zero-order valence-electron chi connectivity index (χ0n) is 13.5. The lowest BCUT2D eigenvalue weighted by Gasteiger charge is -2.04. The van der Waals surface area contributed by atoms with Crippen LogP contribution in [0.25, 0.3) is 11.3 Å². The van der Waals surface area contributed by atoms with Crippen molar-refractivity contribution >= 4 is 41.3 Å². The molecular formula is C17H25IN4S. The standard InChI is InChI=1S/C17H24N4S.HI/c1-2-3-4-8-11-19-17(18)20-12-16-21-15(13-22-16)14-9-6-5-7-10-14;/h5-7,9-10,13H,2-4,8,11-12H2,1H3,(H3,18,19,20);1H. The van der Waals surface area contributed by atoms with Crippen LogP contribution in [0.15, 0.2) is 40.7 Å². The summed E-state index contributed by atoms with van der Waals surface area (Å²) >= 11 is 1.62. The quantitative estimate of drug-likeness (QED) is 0.274. The molecule has 0 amide bonds. The average Bonchev–Trinajstić information content (AvgIpc) is 3.02. The third-order valence-corrected chi connectivity index (χ3v) is 4.18. The van der Waals surface area contributed by atoms with Gasteiger partial charge in [-0.1, -0.05) is 56.5 Å². The first-order valence-corrected chi connectivity index (χ1v) is 8.71. The number of nitrogens with one attached hydrogen (secondary N) is 1. The number of thiazole rings is 1. The monoisotopic (exact) mass is 444 g/mol. The second-order valence-electron chi connectivity index (χ2n) is 5.18. The molecule has 0 spiro atoms. The van der Waals surface area contributed by atoms with E-state index in [4.69, 9.17) is 5.73 Å². The molecule has 0 unspecified atom stereocenters. The normalized spacial score (nSPS) is 11.1. The van der Waals surface area contributed by atoms with Crippen LogP contribution in [0.3, 0.4) is 0 Å². The zero-order chi connectivity index (χ0) is 15.6. The summed E-state index contributed by atoms with van der Waals surface area (Å²) < 4.78 is 0. The highest BCUT2D eigenvalue weighted by atomic mass is 127. The summed E-state index contributed by atoms with van der Waals surface area (Å²) in [5.74, 6) is 0.507. The fraction of sp³-hybridized carbons (Fsp3) is 0.412. The molecule has 2 rings (SSSR count). The Bertz CT molecular complexity index is 583. The fourth-order valence-electron chi connectivity index (χ4n) is 2.10. The number of nitrogens with zero attached hydrogens (tertiary/aromatic N) is 2. The van der Waals surface area contributed by atoms with Crippen LogP contribution < -0.4 is 11.1 Å². The molecule has 3 N–H and O–H groups in total. The van der Waals surface area contributed by atoms with Crippen molar-refractivity contribution in [2.24, 2.45) is 10.7 Å². The number of hydrogen-bond donors (Lipinski definition) is 2. The summed E-state index contributed by atoms with van der Waals surface area (Å²) in [6.45, 7) is 3.63. The Morgan fingerprint density at radius 1 is 1.22 bits per heavy atom. The number of unbranched alkanes of at least 4 members (excludes halogenated alkanes) is 3. The summed E-state index contributed by atoms with van der Waals surface area (Å²) in [4.78, 5) is 8.95. The Labute approximate surface area is 159 Å². The first-order valence-electron chi connectivity index (χ1n) is 7.83. The van der Waals surface area contributed by atoms with Crippen LogP contribution in [-0.4, -0.2) is 17.5 Å². The molecule has 1 aromatic heterocycles. The van der Waals surface area contributed by atoms with Crippen molar-refractivity contribution in [1.29, 1.82) is 0 Å². The van der Waals surface area contributed by atoms with Gasteiger partial charge in [-0.2, -0.15) is 0 Å². The van der Waals surface area contributed by atoms with E-state index in [1.165, 1.54) is 19.3 Å². The number of aromatic nitrogens is 1. The lowest BCUT2D eigenvalue weighted by molar-refractivity contribution is 0.652. The Morgan fingerprint density at radius 3 is 2.74 bits per heavy atom. The van der Waals surface area contributed by atoms with E-state index in [0.717, 1.165) is 29.2 Å². The van der Waals surface area contributed by atoms with Crippen molar-refractivity contribution < 1.29 is 0 Å². The maximum atomic E-state index is 5.87. The lowest BCUT2D eigenvalue weighted by atomic mass is 10.2. The number of benzene rings is 1. The van der Waals surface area contributed by atoms with E-state index in [9.17, 15) is 0 Å². The van der Waals surface area contributed by atoms with Gasteiger partial charge in [0.15, 0.2) is 5.96 Å². The van der Waals surface area contributed by atoms with Crippen molar-refractivity contribution in [2.75, 3.05) is 6.54 Å². The highest BCUT2D eigenvalue weighted by Crippen LogP contribution is 2.21. The zero-order valence-corrected chi connectivity index (χ0v) is 16.6. The molecule has 0 saturated heterocycles. The number of nitrogens with two attached hydrogens (primary N) is 1. The molecule has 0 aliphatic carbocycles. The van der Waals surface area contributed by atoms with E-state index in [0.29, 0.717) is 12.5 Å². The van der Waals surface area contributed by atoms with Crippen molar-refractivity contribution in [3.05, 3.63) is 40.7 Å². The first kappa shape index (κ1) is 19.9. The average molecular weight is 444 g/mol. The largest absolute Gasteiger partial charge is 0.370 e. The molecule has 23 heavy (non-hydrogen) atoms. The maximum absolute atomic E-state index is 5.87. The van der Waals surface area contributed by atoms with Crippen molar-refractivity contribution in [2.45, 2.75) is 39.2 Å². The smallest absolute Gasteiger partial charge is 0.189 e. The Kier molecular flexibility index (Phi) is 9.86. The van der Waals surface area contributed by atoms with Crippen molar-refractivity contribution in [3.8, 4) is 11.3 Å². The Morgan fingerprint density at radius 2 is 2.00 bits per heavy atom. The number of guanidine groups is 1. The molecule has 0 radical (unpaired) electrons. The molecule has 0 saturated carbocycles. The van der Waals surface area contributed by atoms with Crippen LogP contribution in [0.5, 0.6) is 0 Å². The predicted octanol–water partition coefficient (Wildman–Crippen LogP) is 4.41. The maximum Gasteiger partial charge on any atom is 0.189 e. The minimum atomic E-state index is 0. The van der Waals surface area contributed by atoms with Gasteiger partial charge < -0.3 is 11.1 Å². The van der Waals surface area contributed by atoms with Gasteiger partial charge in [0, 0.05) is 17.5 Å². The van der Waals surface area contributed by atoms with Gasteiger partial charge in [-0.15, -0.1) is 35.3 Å². The third kappa shape index (κ3) is 7.30. The second-order valence-corrected chi connectivity index (χ2v) is 6.12. The summed E-state index contributed by atoms with van der Waals surface area (Å²) in [5.41, 5.74) is 8.01. The first-order chi connectivity index (χ1) is 10.8. The Balaban J connectivity index is 0.00000264. The molecule has 4 nitrogen and oxygen atoms in total. The van der Waals surface area contributed by atoms with E-state index < -0.39 is 0 Å². The van der Waals surface area contributed by atoms with Gasteiger partial charge in [-0.05, 0) is 6.42 Å². The molecule has 1 heterocycles. The number of hydrogen-bond acceptors (Lipinski definition) is 3. The van der Waals surface area contributed by atoms with Gasteiger partial charge in [-0.3, -0.25) is 0 Å². The van der Waals surface area contributed by atoms with Crippen LogP contribution in [0.4, 0.5) is 0 Å². The summed E-state index contributed by atoms with van der Waals surface area (Å²) in [7, 11) is 0. The number of rotatable bonds is 8. The Hall–Kier alpha value is -1.15. The van der Waals surface area contributed by atoms with Gasteiger partial charge in [0.25, 0.3) is 0 Å². The van der Waals surface area contributed by atoms with Crippen molar-refractivity contribution in [3.63, 3.8) is 0 Å². The second kappa shape index (κ2) is 11.4. The molecule has 2 aromatic rings. The highest BCUT2D eigenvalue weighted by molar-refractivity contribution is 14.0. The minimum absolute atomic E-state index is 0. The highest BCUT2D eigenvalue weighted by Gasteiger charge is 2.03. The van der Waals surface area contributed by atoms with Gasteiger partial charge in [0.1, 0.15) is 5.01 Å². The lowest BCUT2D eigenvalue weighted by Crippen LogP contribution is -2.32. The van der Waals surface area contributed by atoms with E-state index in [1.807, 2.05) is 18.2 Å². The van der Waals surface area contributed by atoms with Gasteiger partial charge in [0.05, 0.1) is 12.2 Å². The number of halogens is 1. The minimum Gasteiger partial charge on any atom is -0.370 e. The van der Waals surface area contributed by atoms with Crippen LogP contribution in [0, 0.1) is 0 Å². The van der Waals surface area contributed by atoms with Gasteiger partial charge in [-0.25, -0.2) is 9.98 Å². The van der Waals surface area contributed by atoms with E-state index >= 15 is 0 Å². The SMILES string of the molecule is CCCCCCNC(N)=NCc1nc(-c2ccccc2)cs1.I. The molecule has 0 aliphatic rings. The van der Waals surface area contributed by atoms with Crippen LogP contribution in [0.2, 0.25) is 0 Å². The van der Waals surface area contributed by atoms with Crippen LogP contribution in [-0.2, 0) is 6.54 Å². The molecule has 0 atom stereocenters. The van der Waals surface area contributed by atoms with Gasteiger partial charge in [0.2, 0.25) is 0 Å². The van der Waals surface area contributed by atoms with Crippen LogP contribution >= 0.6 is 35.3 Å². The van der Waals surface area contributed by atoms with E-state index in [2.05, 4.69) is 39.7 Å². The summed E-state index contributed by atoms with van der Waals surface area (Å²) in [6, 6.07) is 10.2. The third-order valence-electron chi connectivity index (χ3n) is 3.34. The molecule has 0 aliphatic heterocycles.